The van der Waals surface area contributed by atoms with Crippen LogP contribution in [0.3, 0.4) is 0 Å². The van der Waals surface area contributed by atoms with E-state index >= 15 is 0 Å². The average Bonchev–Trinajstić information content (AvgIpc) is 2.42. The molecule has 0 spiro atoms. The van der Waals surface area contributed by atoms with E-state index in [0.717, 1.165) is 0 Å². The lowest BCUT2D eigenvalue weighted by atomic mass is 10.0. The molecule has 3 atom stereocenters. The molecule has 112 valence electrons. The summed E-state index contributed by atoms with van der Waals surface area (Å²) in [6.45, 7) is 5.13. The highest BCUT2D eigenvalue weighted by Gasteiger charge is 2.39. The van der Waals surface area contributed by atoms with Crippen LogP contribution in [0.15, 0.2) is 29.4 Å². The quantitative estimate of drug-likeness (QED) is 0.330. The first-order valence-corrected chi connectivity index (χ1v) is 6.92. The van der Waals surface area contributed by atoms with Gasteiger partial charge in [-0.3, -0.25) is 0 Å². The van der Waals surface area contributed by atoms with Gasteiger partial charge in [-0.25, -0.2) is 4.79 Å². The second-order valence-corrected chi connectivity index (χ2v) is 5.56. The van der Waals surface area contributed by atoms with Crippen LogP contribution >= 0.6 is 0 Å². The Bertz CT molecular complexity index is 604. The van der Waals surface area contributed by atoms with E-state index in [-0.39, 0.29) is 12.2 Å². The maximum absolute atomic E-state index is 12.2. The summed E-state index contributed by atoms with van der Waals surface area (Å²) in [5.74, 6) is 5.21. The third-order valence-electron chi connectivity index (χ3n) is 3.65. The molecular weight excluding hydrogens is 272 g/mol. The number of benzene rings is 1. The van der Waals surface area contributed by atoms with E-state index in [0.29, 0.717) is 30.1 Å². The Balaban J connectivity index is 2.06. The molecule has 0 aromatic heterocycles. The van der Waals surface area contributed by atoms with Crippen LogP contribution in [-0.4, -0.2) is 46.8 Å². The molecular formula is C14H18N4O3. The minimum Gasteiger partial charge on any atom is -0.577 e. The number of rotatable bonds is 0. The van der Waals surface area contributed by atoms with Crippen molar-refractivity contribution in [2.75, 3.05) is 13.1 Å². The summed E-state index contributed by atoms with van der Waals surface area (Å²) in [7, 11) is 0. The number of nitrogens with zero attached hydrogens (tertiary/aromatic N) is 3. The van der Waals surface area contributed by atoms with Gasteiger partial charge >= 0.3 is 5.91 Å². The molecule has 2 aliphatic heterocycles. The molecule has 0 saturated carbocycles. The summed E-state index contributed by atoms with van der Waals surface area (Å²) >= 11 is 0. The first kappa shape index (κ1) is 14.2. The summed E-state index contributed by atoms with van der Waals surface area (Å²) in [6.07, 6.45) is 0.0418. The van der Waals surface area contributed by atoms with Crippen LogP contribution in [-0.2, 0) is 4.74 Å². The van der Waals surface area contributed by atoms with Crippen LogP contribution in [0, 0.1) is 5.21 Å². The highest BCUT2D eigenvalue weighted by molar-refractivity contribution is 6.09. The molecule has 0 aliphatic carbocycles. The largest absolute Gasteiger partial charge is 0.577 e. The van der Waals surface area contributed by atoms with E-state index < -0.39 is 10.8 Å². The van der Waals surface area contributed by atoms with Crippen molar-refractivity contribution < 1.29 is 14.4 Å². The fourth-order valence-electron chi connectivity index (χ4n) is 2.86. The number of morpholine rings is 1. The fourth-order valence-corrected chi connectivity index (χ4v) is 2.86. The van der Waals surface area contributed by atoms with Gasteiger partial charge in [0.25, 0.3) is 0 Å². The van der Waals surface area contributed by atoms with Gasteiger partial charge in [0.15, 0.2) is 5.84 Å². The SMILES string of the molecule is CC1CN(C2=N[N+](N)([O-])C(=O)c3ccccc32)CC(C)O1. The zero-order valence-corrected chi connectivity index (χ0v) is 12.0. The lowest BCUT2D eigenvalue weighted by Gasteiger charge is -2.40. The predicted octanol–water partition coefficient (Wildman–Crippen LogP) is 0.799. The second kappa shape index (κ2) is 4.88. The van der Waals surface area contributed by atoms with Crippen LogP contribution in [0.2, 0.25) is 0 Å². The van der Waals surface area contributed by atoms with Crippen molar-refractivity contribution >= 4 is 11.7 Å². The van der Waals surface area contributed by atoms with E-state index in [9.17, 15) is 10.0 Å². The first-order valence-electron chi connectivity index (χ1n) is 6.92. The Morgan fingerprint density at radius 2 is 1.86 bits per heavy atom. The van der Waals surface area contributed by atoms with Crippen molar-refractivity contribution in [2.24, 2.45) is 10.9 Å². The van der Waals surface area contributed by atoms with Gasteiger partial charge < -0.3 is 14.8 Å². The van der Waals surface area contributed by atoms with E-state index in [4.69, 9.17) is 10.6 Å². The zero-order chi connectivity index (χ0) is 15.2. The lowest BCUT2D eigenvalue weighted by molar-refractivity contribution is -0.817. The Hall–Kier alpha value is -1.80. The molecule has 3 rings (SSSR count). The number of nitrogens with two attached hydrogens (primary N) is 1. The number of hydrogen-bond acceptors (Lipinski definition) is 6. The van der Waals surface area contributed by atoms with Gasteiger partial charge in [-0.15, -0.1) is 5.84 Å². The number of fused-ring (bicyclic) bond motifs is 1. The maximum Gasteiger partial charge on any atom is 0.392 e. The Labute approximate surface area is 122 Å². The van der Waals surface area contributed by atoms with Crippen molar-refractivity contribution in [1.82, 2.24) is 4.90 Å². The predicted molar refractivity (Wildman–Crippen MR) is 76.7 cm³/mol. The van der Waals surface area contributed by atoms with Crippen LogP contribution in [0.4, 0.5) is 0 Å². The molecule has 1 amide bonds. The van der Waals surface area contributed by atoms with Gasteiger partial charge in [0.2, 0.25) is 0 Å². The summed E-state index contributed by atoms with van der Waals surface area (Å²) in [4.78, 5) is 12.3. The molecule has 7 nitrogen and oxygen atoms in total. The first-order chi connectivity index (χ1) is 9.88. The maximum atomic E-state index is 12.2. The van der Waals surface area contributed by atoms with Crippen LogP contribution in [0.5, 0.6) is 0 Å². The number of carbonyl (C=O) groups excluding carboxylic acids is 1. The Kier molecular flexibility index (Phi) is 3.29. The Morgan fingerprint density at radius 1 is 1.29 bits per heavy atom. The minimum atomic E-state index is -1.74. The molecule has 3 unspecified atom stereocenters. The molecule has 1 aromatic rings. The van der Waals surface area contributed by atoms with Crippen molar-refractivity contribution in [3.63, 3.8) is 0 Å². The van der Waals surface area contributed by atoms with Crippen molar-refractivity contribution in [3.05, 3.63) is 40.6 Å². The monoisotopic (exact) mass is 290 g/mol. The van der Waals surface area contributed by atoms with Crippen molar-refractivity contribution in [1.29, 1.82) is 0 Å². The smallest absolute Gasteiger partial charge is 0.392 e. The molecule has 0 bridgehead atoms. The van der Waals surface area contributed by atoms with Gasteiger partial charge in [0, 0.05) is 18.7 Å². The lowest BCUT2D eigenvalue weighted by Crippen LogP contribution is -2.57. The van der Waals surface area contributed by atoms with Crippen molar-refractivity contribution in [3.8, 4) is 0 Å². The van der Waals surface area contributed by atoms with E-state index in [1.54, 1.807) is 18.2 Å². The summed E-state index contributed by atoms with van der Waals surface area (Å²) in [5, 5.41) is 16.1. The van der Waals surface area contributed by atoms with Crippen LogP contribution in [0.1, 0.15) is 29.8 Å². The topological polar surface area (TPSA) is 91.0 Å². The molecule has 21 heavy (non-hydrogen) atoms. The second-order valence-electron chi connectivity index (χ2n) is 5.56. The molecule has 1 fully saturated rings. The molecule has 2 aliphatic rings. The number of hydroxylamine groups is 1. The third kappa shape index (κ3) is 2.44. The van der Waals surface area contributed by atoms with Gasteiger partial charge in [-0.1, -0.05) is 23.1 Å². The molecule has 1 saturated heterocycles. The standard InChI is InChI=1S/C14H18N4O3/c1-9-7-17(8-10(2)21-9)13-11-5-3-4-6-12(11)14(19)18(15,20)16-13/h3-6,9-10H,7-8,15H2,1-2H3. The minimum absolute atomic E-state index is 0.0209. The highest BCUT2D eigenvalue weighted by Crippen LogP contribution is 2.25. The van der Waals surface area contributed by atoms with E-state index in [1.807, 2.05) is 24.8 Å². The molecule has 0 radical (unpaired) electrons. The number of carbonyl (C=O) groups is 1. The molecule has 1 aromatic carbocycles. The van der Waals surface area contributed by atoms with E-state index in [2.05, 4.69) is 5.10 Å². The summed E-state index contributed by atoms with van der Waals surface area (Å²) < 4.78 is 5.69. The third-order valence-corrected chi connectivity index (χ3v) is 3.65. The van der Waals surface area contributed by atoms with Gasteiger partial charge in [-0.05, 0) is 25.0 Å². The van der Waals surface area contributed by atoms with Gasteiger partial charge in [0.1, 0.15) is 0 Å². The average molecular weight is 290 g/mol. The van der Waals surface area contributed by atoms with Crippen LogP contribution < -0.4 is 5.84 Å². The highest BCUT2D eigenvalue weighted by atomic mass is 16.6. The van der Waals surface area contributed by atoms with Gasteiger partial charge in [0.05, 0.1) is 17.8 Å². The number of ether oxygens (including phenoxy) is 1. The number of quaternary nitrogens is 1. The summed E-state index contributed by atoms with van der Waals surface area (Å²) in [6, 6.07) is 6.92. The van der Waals surface area contributed by atoms with Crippen molar-refractivity contribution in [2.45, 2.75) is 26.1 Å². The molecule has 2 N–H and O–H groups in total. The number of hydrogen-bond donors (Lipinski definition) is 1. The molecule has 2 heterocycles. The Morgan fingerprint density at radius 3 is 2.48 bits per heavy atom. The number of amidine groups is 1. The summed E-state index contributed by atoms with van der Waals surface area (Å²) in [5.41, 5.74) is 0.964. The fraction of sp³-hybridized carbons (Fsp3) is 0.429. The van der Waals surface area contributed by atoms with Gasteiger partial charge in [-0.2, -0.15) is 0 Å². The zero-order valence-electron chi connectivity index (χ0n) is 12.0. The number of amides is 1. The normalized spacial score (nSPS) is 32.7. The van der Waals surface area contributed by atoms with Crippen LogP contribution in [0.25, 0.3) is 0 Å². The van der Waals surface area contributed by atoms with E-state index in [1.165, 1.54) is 0 Å². The molecule has 7 heteroatoms.